The number of carbonyl (C=O) groups excluding carboxylic acids is 6. The van der Waals surface area contributed by atoms with E-state index in [-0.39, 0.29) is 13.0 Å². The first-order valence-corrected chi connectivity index (χ1v) is 14.4. The molecule has 3 fully saturated rings. The van der Waals surface area contributed by atoms with Crippen LogP contribution in [0.2, 0.25) is 0 Å². The van der Waals surface area contributed by atoms with E-state index in [0.29, 0.717) is 12.0 Å². The fourth-order valence-corrected chi connectivity index (χ4v) is 7.97. The van der Waals surface area contributed by atoms with Gasteiger partial charge in [0.05, 0.1) is 11.3 Å². The summed E-state index contributed by atoms with van der Waals surface area (Å²) in [5.41, 5.74) is -1.96. The van der Waals surface area contributed by atoms with Crippen LogP contribution in [0.4, 0.5) is 0 Å². The fourth-order valence-electron chi connectivity index (χ4n) is 7.97. The molecule has 11 atom stereocenters. The summed E-state index contributed by atoms with van der Waals surface area (Å²) in [6.45, 7) is 14.4. The molecule has 0 N–H and O–H groups in total. The van der Waals surface area contributed by atoms with E-state index < -0.39 is 100 Å². The maximum Gasteiger partial charge on any atom is 0.348 e. The summed E-state index contributed by atoms with van der Waals surface area (Å²) >= 11 is 0. The summed E-state index contributed by atoms with van der Waals surface area (Å²) in [5, 5.41) is 0. The summed E-state index contributed by atoms with van der Waals surface area (Å²) in [6, 6.07) is 0. The van der Waals surface area contributed by atoms with Crippen LogP contribution in [0, 0.1) is 40.4 Å². The van der Waals surface area contributed by atoms with E-state index in [9.17, 15) is 28.8 Å². The van der Waals surface area contributed by atoms with Gasteiger partial charge in [-0.2, -0.15) is 0 Å². The Bertz CT molecular complexity index is 1240. The third kappa shape index (κ3) is 4.84. The van der Waals surface area contributed by atoms with Gasteiger partial charge in [-0.3, -0.25) is 24.0 Å². The monoisotopic (exact) mass is 588 g/mol. The SMILES string of the molecule is C=C1C=C[C@@H](OC(C)=O)[C@]2(C)[C@H]3C(=O)[C@H](OC(C)=O)[C@H](C)[C@@H]4[C@@H](OC(=O)C(C)CC)C(=O)O[C@H](C[C@@H]12)[C@@]43COC(C)=O. The molecule has 0 bridgehead atoms. The highest BCUT2D eigenvalue weighted by molar-refractivity contribution is 5.92. The Hall–Kier alpha value is -3.50. The molecule has 230 valence electrons. The maximum atomic E-state index is 14.7. The van der Waals surface area contributed by atoms with Crippen LogP contribution in [-0.2, 0) is 52.5 Å². The normalized spacial score (nSPS) is 39.2. The first-order chi connectivity index (χ1) is 19.6. The van der Waals surface area contributed by atoms with Gasteiger partial charge in [0, 0.05) is 43.9 Å². The van der Waals surface area contributed by atoms with E-state index in [0.717, 1.165) is 0 Å². The van der Waals surface area contributed by atoms with Crippen molar-refractivity contribution in [2.75, 3.05) is 6.61 Å². The van der Waals surface area contributed by atoms with E-state index in [2.05, 4.69) is 6.58 Å². The van der Waals surface area contributed by atoms with Crippen molar-refractivity contribution in [2.24, 2.45) is 40.4 Å². The van der Waals surface area contributed by atoms with Gasteiger partial charge in [-0.1, -0.05) is 45.9 Å². The molecular weight excluding hydrogens is 548 g/mol. The van der Waals surface area contributed by atoms with Gasteiger partial charge >= 0.3 is 29.8 Å². The van der Waals surface area contributed by atoms with Gasteiger partial charge < -0.3 is 23.7 Å². The fraction of sp³-hybridized carbons (Fsp3) is 0.677. The molecule has 2 saturated carbocycles. The van der Waals surface area contributed by atoms with Crippen molar-refractivity contribution < 1.29 is 52.5 Å². The smallest absolute Gasteiger partial charge is 0.348 e. The number of carbonyl (C=O) groups is 6. The Morgan fingerprint density at radius 2 is 1.69 bits per heavy atom. The molecule has 0 aromatic rings. The molecule has 11 heteroatoms. The highest BCUT2D eigenvalue weighted by Gasteiger charge is 2.77. The predicted molar refractivity (Wildman–Crippen MR) is 145 cm³/mol. The number of allylic oxidation sites excluding steroid dienone is 2. The van der Waals surface area contributed by atoms with Gasteiger partial charge in [-0.25, -0.2) is 4.79 Å². The minimum atomic E-state index is -1.48. The summed E-state index contributed by atoms with van der Waals surface area (Å²) in [6.07, 6.45) is -0.654. The second-order valence-electron chi connectivity index (χ2n) is 12.4. The number of esters is 5. The molecule has 4 aliphatic rings. The zero-order valence-electron chi connectivity index (χ0n) is 25.2. The first-order valence-electron chi connectivity index (χ1n) is 14.4. The van der Waals surface area contributed by atoms with Crippen molar-refractivity contribution in [1.29, 1.82) is 0 Å². The molecule has 42 heavy (non-hydrogen) atoms. The number of hydrogen-bond donors (Lipinski definition) is 0. The molecule has 0 aromatic heterocycles. The van der Waals surface area contributed by atoms with E-state index in [1.54, 1.807) is 39.8 Å². The van der Waals surface area contributed by atoms with Crippen LogP contribution in [0.1, 0.15) is 61.3 Å². The lowest BCUT2D eigenvalue weighted by molar-refractivity contribution is -0.282. The summed E-state index contributed by atoms with van der Waals surface area (Å²) in [4.78, 5) is 78.3. The number of ketones is 1. The van der Waals surface area contributed by atoms with Gasteiger partial charge in [0.1, 0.15) is 18.8 Å². The van der Waals surface area contributed by atoms with Gasteiger partial charge in [0.15, 0.2) is 11.9 Å². The summed E-state index contributed by atoms with van der Waals surface area (Å²) in [5.74, 6) is -7.79. The zero-order valence-corrected chi connectivity index (χ0v) is 25.2. The van der Waals surface area contributed by atoms with Crippen LogP contribution in [0.5, 0.6) is 0 Å². The van der Waals surface area contributed by atoms with E-state index >= 15 is 0 Å². The van der Waals surface area contributed by atoms with Crippen molar-refractivity contribution >= 4 is 35.6 Å². The number of Topliss-reactive ketones (excluding diaryl/α,β-unsaturated/α-hetero) is 1. The molecule has 0 amide bonds. The molecule has 0 radical (unpaired) electrons. The third-order valence-corrected chi connectivity index (χ3v) is 9.92. The molecular formula is C31H40O11. The van der Waals surface area contributed by atoms with E-state index in [4.69, 9.17) is 23.7 Å². The van der Waals surface area contributed by atoms with Gasteiger partial charge in [0.25, 0.3) is 0 Å². The standard InChI is InChI=1S/C31H40O11/c1-9-14(2)28(36)42-26-23-16(4)25(40-19(7)34)24(35)27-30(8)20(15(3)10-11-21(30)39-18(6)33)12-22(41-29(26)37)31(23,27)13-38-17(5)32/h10-11,14,16,20-23,25-27H,3,9,12-13H2,1-2,4-8H3/t14?,16-,20+,21-,22-,23-,25-,26-,27-,30-,31+/m1/s1. The third-order valence-electron chi connectivity index (χ3n) is 9.92. The van der Waals surface area contributed by atoms with Gasteiger partial charge in [0.2, 0.25) is 6.10 Å². The summed E-state index contributed by atoms with van der Waals surface area (Å²) in [7, 11) is 0. The van der Waals surface area contributed by atoms with E-state index in [1.807, 2.05) is 0 Å². The van der Waals surface area contributed by atoms with Crippen molar-refractivity contribution in [2.45, 2.75) is 85.7 Å². The molecule has 1 unspecified atom stereocenters. The van der Waals surface area contributed by atoms with Crippen LogP contribution in [-0.4, -0.2) is 66.7 Å². The molecule has 3 aliphatic carbocycles. The predicted octanol–water partition coefficient (Wildman–Crippen LogP) is 2.89. The molecule has 0 spiro atoms. The quantitative estimate of drug-likeness (QED) is 0.319. The summed E-state index contributed by atoms with van der Waals surface area (Å²) < 4.78 is 28.9. The Morgan fingerprint density at radius 1 is 1.05 bits per heavy atom. The first kappa shape index (κ1) is 31.4. The van der Waals surface area contributed by atoms with Crippen molar-refractivity contribution in [3.8, 4) is 0 Å². The van der Waals surface area contributed by atoms with Crippen LogP contribution in [0.25, 0.3) is 0 Å². The largest absolute Gasteiger partial charge is 0.465 e. The van der Waals surface area contributed by atoms with Gasteiger partial charge in [-0.05, 0) is 24.8 Å². The highest BCUT2D eigenvalue weighted by Crippen LogP contribution is 2.68. The molecule has 1 aliphatic heterocycles. The lowest BCUT2D eigenvalue weighted by atomic mass is 9.38. The minimum absolute atomic E-state index is 0.182. The maximum absolute atomic E-state index is 14.7. The lowest BCUT2D eigenvalue weighted by Gasteiger charge is -2.68. The Labute approximate surface area is 245 Å². The van der Waals surface area contributed by atoms with Gasteiger partial charge in [-0.15, -0.1) is 0 Å². The number of ether oxygens (including phenoxy) is 5. The molecule has 0 aromatic carbocycles. The Morgan fingerprint density at radius 3 is 2.26 bits per heavy atom. The number of fused-ring (bicyclic) bond motifs is 2. The molecule has 11 nitrogen and oxygen atoms in total. The Kier molecular flexibility index (Phi) is 8.46. The van der Waals surface area contributed by atoms with E-state index in [1.165, 1.54) is 20.8 Å². The number of rotatable bonds is 7. The van der Waals surface area contributed by atoms with Crippen molar-refractivity contribution in [3.63, 3.8) is 0 Å². The second-order valence-corrected chi connectivity index (χ2v) is 12.4. The van der Waals surface area contributed by atoms with Crippen LogP contribution >= 0.6 is 0 Å². The molecule has 4 rings (SSSR count). The topological polar surface area (TPSA) is 149 Å². The van der Waals surface area contributed by atoms with Crippen LogP contribution in [0.15, 0.2) is 24.3 Å². The Balaban J connectivity index is 2.01. The zero-order chi connectivity index (χ0) is 31.3. The lowest BCUT2D eigenvalue weighted by Crippen LogP contribution is -2.77. The van der Waals surface area contributed by atoms with Crippen LogP contribution in [0.3, 0.4) is 0 Å². The minimum Gasteiger partial charge on any atom is -0.465 e. The average molecular weight is 589 g/mol. The molecule has 1 heterocycles. The molecule has 1 saturated heterocycles. The van der Waals surface area contributed by atoms with Crippen LogP contribution < -0.4 is 0 Å². The van der Waals surface area contributed by atoms with Crippen molar-refractivity contribution in [1.82, 2.24) is 0 Å². The number of hydrogen-bond acceptors (Lipinski definition) is 11. The van der Waals surface area contributed by atoms with Crippen molar-refractivity contribution in [3.05, 3.63) is 24.3 Å². The highest BCUT2D eigenvalue weighted by atomic mass is 16.6. The second kappa shape index (κ2) is 11.3. The average Bonchev–Trinajstić information content (AvgIpc) is 2.90.